The largest absolute Gasteiger partial charge is 0.463 e. The molecule has 0 aromatic carbocycles. The van der Waals surface area contributed by atoms with E-state index in [1.807, 2.05) is 13.0 Å². The molecule has 0 atom stereocenters. The van der Waals surface area contributed by atoms with Gasteiger partial charge in [0.25, 0.3) is 0 Å². The van der Waals surface area contributed by atoms with Gasteiger partial charge in [-0.1, -0.05) is 6.08 Å². The van der Waals surface area contributed by atoms with E-state index in [1.54, 1.807) is 6.08 Å². The molecule has 2 aliphatic heterocycles. The molecule has 4 heteroatoms. The first-order valence-electron chi connectivity index (χ1n) is 8.06. The highest BCUT2D eigenvalue weighted by molar-refractivity contribution is 5.81. The lowest BCUT2D eigenvalue weighted by Gasteiger charge is -2.33. The van der Waals surface area contributed by atoms with Gasteiger partial charge < -0.3 is 9.64 Å². The van der Waals surface area contributed by atoms with E-state index in [9.17, 15) is 4.79 Å². The van der Waals surface area contributed by atoms with E-state index in [-0.39, 0.29) is 5.97 Å². The van der Waals surface area contributed by atoms with Crippen LogP contribution in [0, 0.1) is 5.92 Å². The Balaban J connectivity index is 1.60. The lowest BCUT2D eigenvalue weighted by Crippen LogP contribution is -2.38. The van der Waals surface area contributed by atoms with E-state index in [0.717, 1.165) is 25.6 Å². The van der Waals surface area contributed by atoms with Crippen LogP contribution in [0.2, 0.25) is 0 Å². The van der Waals surface area contributed by atoms with Crippen molar-refractivity contribution in [3.05, 3.63) is 12.2 Å². The van der Waals surface area contributed by atoms with Crippen LogP contribution in [0.25, 0.3) is 0 Å². The summed E-state index contributed by atoms with van der Waals surface area (Å²) < 4.78 is 4.87. The zero-order valence-electron chi connectivity index (χ0n) is 12.7. The number of hydrogen-bond donors (Lipinski definition) is 0. The lowest BCUT2D eigenvalue weighted by atomic mass is 9.96. The second kappa shape index (κ2) is 8.42. The smallest absolute Gasteiger partial charge is 0.330 e. The molecule has 0 N–H and O–H groups in total. The van der Waals surface area contributed by atoms with Crippen molar-refractivity contribution in [3.63, 3.8) is 0 Å². The molecular weight excluding hydrogens is 252 g/mol. The van der Waals surface area contributed by atoms with Crippen molar-refractivity contribution in [1.82, 2.24) is 9.80 Å². The minimum Gasteiger partial charge on any atom is -0.463 e. The van der Waals surface area contributed by atoms with Gasteiger partial charge in [-0.2, -0.15) is 0 Å². The molecule has 4 nitrogen and oxygen atoms in total. The molecule has 0 aromatic rings. The molecule has 0 aromatic heterocycles. The predicted octanol–water partition coefficient (Wildman–Crippen LogP) is 1.91. The van der Waals surface area contributed by atoms with Crippen LogP contribution >= 0.6 is 0 Å². The summed E-state index contributed by atoms with van der Waals surface area (Å²) in [6.45, 7) is 9.38. The summed E-state index contributed by atoms with van der Waals surface area (Å²) in [5.41, 5.74) is 0. The van der Waals surface area contributed by atoms with E-state index in [2.05, 4.69) is 9.80 Å². The van der Waals surface area contributed by atoms with Gasteiger partial charge in [0.05, 0.1) is 6.61 Å². The van der Waals surface area contributed by atoms with Crippen molar-refractivity contribution < 1.29 is 9.53 Å². The van der Waals surface area contributed by atoms with Crippen LogP contribution in [0.15, 0.2) is 12.2 Å². The van der Waals surface area contributed by atoms with Crippen LogP contribution in [0.1, 0.15) is 32.6 Å². The molecule has 0 aliphatic carbocycles. The molecule has 0 bridgehead atoms. The first kappa shape index (κ1) is 15.5. The molecule has 2 aliphatic rings. The van der Waals surface area contributed by atoms with Gasteiger partial charge in [0.15, 0.2) is 0 Å². The fourth-order valence-electron chi connectivity index (χ4n) is 3.17. The van der Waals surface area contributed by atoms with E-state index < -0.39 is 0 Å². The molecular formula is C16H28N2O2. The van der Waals surface area contributed by atoms with Gasteiger partial charge in [0.2, 0.25) is 0 Å². The highest BCUT2D eigenvalue weighted by atomic mass is 16.5. The van der Waals surface area contributed by atoms with Crippen molar-refractivity contribution in [2.45, 2.75) is 32.6 Å². The van der Waals surface area contributed by atoms with Gasteiger partial charge in [-0.25, -0.2) is 4.79 Å². The molecule has 0 unspecified atom stereocenters. The highest BCUT2D eigenvalue weighted by Gasteiger charge is 2.22. The van der Waals surface area contributed by atoms with Crippen molar-refractivity contribution in [2.75, 3.05) is 45.9 Å². The first-order valence-corrected chi connectivity index (χ1v) is 8.06. The third-order valence-corrected chi connectivity index (χ3v) is 4.33. The van der Waals surface area contributed by atoms with Gasteiger partial charge in [-0.05, 0) is 64.7 Å². The zero-order chi connectivity index (χ0) is 14.2. The van der Waals surface area contributed by atoms with E-state index in [4.69, 9.17) is 4.74 Å². The lowest BCUT2D eigenvalue weighted by molar-refractivity contribution is -0.137. The zero-order valence-corrected chi connectivity index (χ0v) is 12.7. The number of ether oxygens (including phenoxy) is 1. The molecule has 2 fully saturated rings. The van der Waals surface area contributed by atoms with Crippen LogP contribution in [0.4, 0.5) is 0 Å². The Labute approximate surface area is 122 Å². The Morgan fingerprint density at radius 3 is 2.50 bits per heavy atom. The number of esters is 1. The van der Waals surface area contributed by atoms with Crippen LogP contribution < -0.4 is 0 Å². The van der Waals surface area contributed by atoms with Gasteiger partial charge in [0.1, 0.15) is 0 Å². The Bertz CT molecular complexity index is 316. The Morgan fingerprint density at radius 2 is 1.85 bits per heavy atom. The quantitative estimate of drug-likeness (QED) is 0.550. The van der Waals surface area contributed by atoms with Crippen molar-refractivity contribution in [3.8, 4) is 0 Å². The number of carbonyl (C=O) groups excluding carboxylic acids is 1. The number of hydrogen-bond acceptors (Lipinski definition) is 4. The molecule has 0 spiro atoms. The predicted molar refractivity (Wildman–Crippen MR) is 80.6 cm³/mol. The second-order valence-electron chi connectivity index (χ2n) is 5.91. The van der Waals surface area contributed by atoms with Crippen LogP contribution in [-0.2, 0) is 9.53 Å². The fourth-order valence-corrected chi connectivity index (χ4v) is 3.17. The van der Waals surface area contributed by atoms with Gasteiger partial charge in [-0.15, -0.1) is 0 Å². The fraction of sp³-hybridized carbons (Fsp3) is 0.812. The summed E-state index contributed by atoms with van der Waals surface area (Å²) in [6, 6.07) is 0. The third kappa shape index (κ3) is 5.25. The van der Waals surface area contributed by atoms with E-state index in [0.29, 0.717) is 6.61 Å². The summed E-state index contributed by atoms with van der Waals surface area (Å²) in [5.74, 6) is 0.648. The van der Waals surface area contributed by atoms with Gasteiger partial charge in [-0.3, -0.25) is 4.90 Å². The topological polar surface area (TPSA) is 32.8 Å². The van der Waals surface area contributed by atoms with Gasteiger partial charge in [0, 0.05) is 19.2 Å². The average Bonchev–Trinajstić information content (AvgIpc) is 2.94. The number of rotatable bonds is 6. The van der Waals surface area contributed by atoms with Crippen molar-refractivity contribution in [2.24, 2.45) is 5.92 Å². The maximum Gasteiger partial charge on any atom is 0.330 e. The Hall–Kier alpha value is -0.870. The maximum absolute atomic E-state index is 11.2. The minimum absolute atomic E-state index is 0.226. The molecule has 2 rings (SSSR count). The summed E-state index contributed by atoms with van der Waals surface area (Å²) in [5, 5.41) is 0. The SMILES string of the molecule is CCOC(=O)/C=C/CN1CCC(CN2CCCC2)CC1. The maximum atomic E-state index is 11.2. The molecule has 0 saturated carbocycles. The highest BCUT2D eigenvalue weighted by Crippen LogP contribution is 2.20. The van der Waals surface area contributed by atoms with E-state index in [1.165, 1.54) is 45.3 Å². The summed E-state index contributed by atoms with van der Waals surface area (Å²) in [7, 11) is 0. The van der Waals surface area contributed by atoms with E-state index >= 15 is 0 Å². The number of carbonyl (C=O) groups is 1. The number of piperidine rings is 1. The Kier molecular flexibility index (Phi) is 6.54. The normalized spacial score (nSPS) is 22.6. The molecule has 0 amide bonds. The van der Waals surface area contributed by atoms with Gasteiger partial charge >= 0.3 is 5.97 Å². The van der Waals surface area contributed by atoms with Crippen molar-refractivity contribution in [1.29, 1.82) is 0 Å². The summed E-state index contributed by atoms with van der Waals surface area (Å²) in [4.78, 5) is 16.2. The molecule has 0 radical (unpaired) electrons. The van der Waals surface area contributed by atoms with Crippen LogP contribution in [0.5, 0.6) is 0 Å². The summed E-state index contributed by atoms with van der Waals surface area (Å²) >= 11 is 0. The number of likely N-dealkylation sites (tertiary alicyclic amines) is 2. The average molecular weight is 280 g/mol. The molecule has 2 saturated heterocycles. The van der Waals surface area contributed by atoms with Crippen LogP contribution in [0.3, 0.4) is 0 Å². The molecule has 114 valence electrons. The minimum atomic E-state index is -0.226. The second-order valence-corrected chi connectivity index (χ2v) is 5.91. The van der Waals surface area contributed by atoms with Crippen LogP contribution in [-0.4, -0.2) is 61.6 Å². The van der Waals surface area contributed by atoms with Crippen molar-refractivity contribution >= 4 is 5.97 Å². The molecule has 2 heterocycles. The monoisotopic (exact) mass is 280 g/mol. The molecule has 20 heavy (non-hydrogen) atoms. The third-order valence-electron chi connectivity index (χ3n) is 4.33. The standard InChI is InChI=1S/C16H28N2O2/c1-2-20-16(19)6-5-11-17-12-7-15(8-13-17)14-18-9-3-4-10-18/h5-6,15H,2-4,7-14H2,1H3/b6-5+. The number of nitrogens with zero attached hydrogens (tertiary/aromatic N) is 2. The summed E-state index contributed by atoms with van der Waals surface area (Å²) in [6.07, 6.45) is 8.85. The Morgan fingerprint density at radius 1 is 1.15 bits per heavy atom. The first-order chi connectivity index (χ1) is 9.78.